The van der Waals surface area contributed by atoms with Gasteiger partial charge in [0.2, 0.25) is 0 Å². The highest BCUT2D eigenvalue weighted by Crippen LogP contribution is 2.33. The number of ether oxygens (including phenoxy) is 1. The van der Waals surface area contributed by atoms with Crippen molar-refractivity contribution < 1.29 is 9.53 Å². The summed E-state index contributed by atoms with van der Waals surface area (Å²) in [4.78, 5) is 14.4. The molecule has 2 aliphatic rings. The van der Waals surface area contributed by atoms with E-state index < -0.39 is 0 Å². The molecular formula is C16H30N2O2. The van der Waals surface area contributed by atoms with Crippen LogP contribution < -0.4 is 5.32 Å². The van der Waals surface area contributed by atoms with E-state index in [1.54, 1.807) is 0 Å². The van der Waals surface area contributed by atoms with E-state index in [9.17, 15) is 4.79 Å². The van der Waals surface area contributed by atoms with Gasteiger partial charge >= 0.3 is 6.09 Å². The van der Waals surface area contributed by atoms with Crippen molar-refractivity contribution in [3.8, 4) is 0 Å². The molecule has 1 saturated carbocycles. The Labute approximate surface area is 123 Å². The van der Waals surface area contributed by atoms with Crippen LogP contribution in [0, 0.1) is 5.92 Å². The van der Waals surface area contributed by atoms with Crippen molar-refractivity contribution in [2.45, 2.75) is 77.0 Å². The first-order chi connectivity index (χ1) is 9.41. The largest absolute Gasteiger partial charge is 0.446 e. The summed E-state index contributed by atoms with van der Waals surface area (Å²) in [6.45, 7) is 7.63. The average Bonchev–Trinajstić information content (AvgIpc) is 2.41. The van der Waals surface area contributed by atoms with Crippen LogP contribution in [0.25, 0.3) is 0 Å². The highest BCUT2D eigenvalue weighted by molar-refractivity contribution is 5.67. The Morgan fingerprint density at radius 2 is 1.85 bits per heavy atom. The molecule has 1 N–H and O–H groups in total. The van der Waals surface area contributed by atoms with E-state index in [1.165, 1.54) is 19.3 Å². The molecule has 0 aromatic heterocycles. The van der Waals surface area contributed by atoms with Gasteiger partial charge in [-0.3, -0.25) is 0 Å². The van der Waals surface area contributed by atoms with E-state index in [4.69, 9.17) is 4.74 Å². The zero-order valence-corrected chi connectivity index (χ0v) is 13.4. The Kier molecular flexibility index (Phi) is 4.95. The van der Waals surface area contributed by atoms with E-state index >= 15 is 0 Å². The number of carbonyl (C=O) groups is 1. The molecule has 0 aromatic carbocycles. The van der Waals surface area contributed by atoms with Crippen LogP contribution in [0.15, 0.2) is 0 Å². The number of amides is 1. The third-order valence-corrected chi connectivity index (χ3v) is 5.59. The smallest absolute Gasteiger partial charge is 0.407 e. The van der Waals surface area contributed by atoms with E-state index in [2.05, 4.69) is 38.0 Å². The molecule has 4 nitrogen and oxygen atoms in total. The maximum absolute atomic E-state index is 12.1. The van der Waals surface area contributed by atoms with Crippen molar-refractivity contribution in [1.82, 2.24) is 10.2 Å². The average molecular weight is 282 g/mol. The Morgan fingerprint density at radius 3 is 2.50 bits per heavy atom. The summed E-state index contributed by atoms with van der Waals surface area (Å²) < 4.78 is 5.71. The maximum atomic E-state index is 12.1. The number of nitrogens with one attached hydrogen (secondary N) is 1. The molecule has 116 valence electrons. The van der Waals surface area contributed by atoms with Crippen LogP contribution in [0.5, 0.6) is 0 Å². The third kappa shape index (κ3) is 3.46. The number of alkyl carbamates (subject to hydrolysis) is 1. The van der Waals surface area contributed by atoms with Gasteiger partial charge in [0, 0.05) is 24.0 Å². The monoisotopic (exact) mass is 282 g/mol. The molecule has 2 fully saturated rings. The van der Waals surface area contributed by atoms with Crippen LogP contribution in [0.1, 0.15) is 59.3 Å². The van der Waals surface area contributed by atoms with Crippen molar-refractivity contribution in [3.05, 3.63) is 0 Å². The zero-order chi connectivity index (χ0) is 14.8. The Hall–Kier alpha value is -0.770. The number of carbonyl (C=O) groups excluding carboxylic acids is 1. The summed E-state index contributed by atoms with van der Waals surface area (Å²) in [6, 6.07) is 0.325. The lowest BCUT2D eigenvalue weighted by Gasteiger charge is -2.48. The Morgan fingerprint density at radius 1 is 1.20 bits per heavy atom. The van der Waals surface area contributed by atoms with Crippen molar-refractivity contribution in [2.75, 3.05) is 13.6 Å². The summed E-state index contributed by atoms with van der Waals surface area (Å²) in [6.07, 6.45) is 6.70. The predicted octanol–water partition coefficient (Wildman–Crippen LogP) is 3.16. The van der Waals surface area contributed by atoms with Crippen LogP contribution in [0.4, 0.5) is 4.79 Å². The molecule has 0 radical (unpaired) electrons. The summed E-state index contributed by atoms with van der Waals surface area (Å²) >= 11 is 0. The van der Waals surface area contributed by atoms with E-state index in [-0.39, 0.29) is 17.7 Å². The first kappa shape index (κ1) is 15.6. The number of likely N-dealkylation sites (tertiary alicyclic amines) is 1. The maximum Gasteiger partial charge on any atom is 0.407 e. The van der Waals surface area contributed by atoms with Gasteiger partial charge in [0.15, 0.2) is 0 Å². The molecule has 2 rings (SSSR count). The third-order valence-electron chi connectivity index (χ3n) is 5.59. The summed E-state index contributed by atoms with van der Waals surface area (Å²) in [7, 11) is 2.15. The number of hydrogen-bond donors (Lipinski definition) is 1. The predicted molar refractivity (Wildman–Crippen MR) is 80.8 cm³/mol. The van der Waals surface area contributed by atoms with Crippen LogP contribution in [-0.2, 0) is 4.74 Å². The van der Waals surface area contributed by atoms with Crippen LogP contribution in [0.3, 0.4) is 0 Å². The van der Waals surface area contributed by atoms with E-state index in [0.29, 0.717) is 12.0 Å². The minimum Gasteiger partial charge on any atom is -0.446 e. The van der Waals surface area contributed by atoms with E-state index in [0.717, 1.165) is 25.8 Å². The van der Waals surface area contributed by atoms with Gasteiger partial charge in [0.25, 0.3) is 0 Å². The quantitative estimate of drug-likeness (QED) is 0.846. The molecular weight excluding hydrogens is 252 g/mol. The Balaban J connectivity index is 1.84. The van der Waals surface area contributed by atoms with Crippen molar-refractivity contribution in [3.63, 3.8) is 0 Å². The first-order valence-electron chi connectivity index (χ1n) is 8.09. The number of rotatable bonds is 2. The second-order valence-electron chi connectivity index (χ2n) is 7.08. The topological polar surface area (TPSA) is 41.6 Å². The molecule has 0 aromatic rings. The normalized spacial score (nSPS) is 31.8. The van der Waals surface area contributed by atoms with Gasteiger partial charge in [0.1, 0.15) is 6.10 Å². The second-order valence-corrected chi connectivity index (χ2v) is 7.08. The van der Waals surface area contributed by atoms with Crippen molar-refractivity contribution in [2.24, 2.45) is 5.92 Å². The Bertz CT molecular complexity index is 337. The molecule has 20 heavy (non-hydrogen) atoms. The summed E-state index contributed by atoms with van der Waals surface area (Å²) in [5.41, 5.74) is 0.0774. The lowest BCUT2D eigenvalue weighted by atomic mass is 9.79. The fourth-order valence-corrected chi connectivity index (χ4v) is 3.41. The summed E-state index contributed by atoms with van der Waals surface area (Å²) in [5, 5.41) is 3.05. The number of hydrogen-bond acceptors (Lipinski definition) is 3. The SMILES string of the molecule is CC1C(OC(=O)NC2CCCCC2)CCN(C)C1(C)C. The van der Waals surface area contributed by atoms with Crippen LogP contribution in [0.2, 0.25) is 0 Å². The lowest BCUT2D eigenvalue weighted by Crippen LogP contribution is -2.56. The minimum absolute atomic E-state index is 0.0322. The van der Waals surface area contributed by atoms with Gasteiger partial charge in [-0.1, -0.05) is 26.2 Å². The number of nitrogens with zero attached hydrogens (tertiary/aromatic N) is 1. The van der Waals surface area contributed by atoms with Gasteiger partial charge in [0.05, 0.1) is 0 Å². The van der Waals surface area contributed by atoms with Crippen molar-refractivity contribution in [1.29, 1.82) is 0 Å². The standard InChI is InChI=1S/C16H30N2O2/c1-12-14(10-11-18(4)16(12,2)3)20-15(19)17-13-8-6-5-7-9-13/h12-14H,5-11H2,1-4H3,(H,17,19). The fraction of sp³-hybridized carbons (Fsp3) is 0.938. The van der Waals surface area contributed by atoms with Gasteiger partial charge in [-0.15, -0.1) is 0 Å². The van der Waals surface area contributed by atoms with Crippen molar-refractivity contribution >= 4 is 6.09 Å². The molecule has 0 spiro atoms. The highest BCUT2D eigenvalue weighted by atomic mass is 16.6. The van der Waals surface area contributed by atoms with E-state index in [1.807, 2.05) is 0 Å². The minimum atomic E-state index is -0.214. The molecule has 1 saturated heterocycles. The van der Waals surface area contributed by atoms with Gasteiger partial charge < -0.3 is 15.0 Å². The molecule has 1 heterocycles. The molecule has 2 unspecified atom stereocenters. The molecule has 2 atom stereocenters. The van der Waals surface area contributed by atoms with Gasteiger partial charge in [-0.25, -0.2) is 4.79 Å². The molecule has 0 bridgehead atoms. The lowest BCUT2D eigenvalue weighted by molar-refractivity contribution is -0.0482. The van der Waals surface area contributed by atoms with Gasteiger partial charge in [-0.2, -0.15) is 0 Å². The fourth-order valence-electron chi connectivity index (χ4n) is 3.41. The first-order valence-corrected chi connectivity index (χ1v) is 8.09. The summed E-state index contributed by atoms with van der Waals surface area (Å²) in [5.74, 6) is 0.346. The molecule has 1 aliphatic heterocycles. The highest BCUT2D eigenvalue weighted by Gasteiger charge is 2.41. The van der Waals surface area contributed by atoms with Gasteiger partial charge in [-0.05, 0) is 40.2 Å². The molecule has 1 amide bonds. The molecule has 1 aliphatic carbocycles. The number of piperidine rings is 1. The molecule has 4 heteroatoms. The van der Waals surface area contributed by atoms with Crippen LogP contribution in [-0.4, -0.2) is 42.3 Å². The van der Waals surface area contributed by atoms with Crippen LogP contribution >= 0.6 is 0 Å². The second kappa shape index (κ2) is 6.33. The zero-order valence-electron chi connectivity index (χ0n) is 13.4.